The quantitative estimate of drug-likeness (QED) is 0.443. The number of aromatic nitrogens is 2. The normalized spacial score (nSPS) is 14.8. The van der Waals surface area contributed by atoms with Crippen LogP contribution in [0.25, 0.3) is 11.0 Å². The molecule has 0 aliphatic carbocycles. The van der Waals surface area contributed by atoms with Gasteiger partial charge in [-0.2, -0.15) is 21.6 Å². The number of pyridine rings is 2. The van der Waals surface area contributed by atoms with Gasteiger partial charge in [-0.25, -0.2) is 4.98 Å². The van der Waals surface area contributed by atoms with Crippen molar-refractivity contribution in [3.05, 3.63) is 93.9 Å². The Morgan fingerprint density at radius 3 is 2.57 bits per heavy atom. The third kappa shape index (κ3) is 3.91. The molecule has 0 unspecified atom stereocenters. The van der Waals surface area contributed by atoms with Crippen LogP contribution in [0.5, 0.6) is 5.75 Å². The number of nitrogens with one attached hydrogen (secondary N) is 1. The van der Waals surface area contributed by atoms with E-state index < -0.39 is 44.5 Å². The molecule has 2 N–H and O–H groups in total. The Balaban J connectivity index is 1.72. The third-order valence-corrected chi connectivity index (χ3v) is 6.79. The first-order chi connectivity index (χ1) is 16.6. The fourth-order valence-electron chi connectivity index (χ4n) is 3.88. The second kappa shape index (κ2) is 7.94. The van der Waals surface area contributed by atoms with E-state index in [9.17, 15) is 31.5 Å². The summed E-state index contributed by atoms with van der Waals surface area (Å²) in [7, 11) is -4.19. The molecule has 5 rings (SSSR count). The van der Waals surface area contributed by atoms with Crippen LogP contribution in [0.15, 0.2) is 80.9 Å². The van der Waals surface area contributed by atoms with Crippen molar-refractivity contribution in [2.45, 2.75) is 17.6 Å². The Labute approximate surface area is 196 Å². The van der Waals surface area contributed by atoms with Crippen LogP contribution < -0.4 is 10.9 Å². The van der Waals surface area contributed by atoms with E-state index in [0.29, 0.717) is 0 Å². The molecular formula is C23H15F3N4O4S. The van der Waals surface area contributed by atoms with Crippen molar-refractivity contribution in [2.75, 3.05) is 5.32 Å². The summed E-state index contributed by atoms with van der Waals surface area (Å²) in [6.45, 7) is -0.319. The second-order valence-electron chi connectivity index (χ2n) is 7.72. The lowest BCUT2D eigenvalue weighted by atomic mass is 10.1. The summed E-state index contributed by atoms with van der Waals surface area (Å²) < 4.78 is 69.8. The van der Waals surface area contributed by atoms with Gasteiger partial charge < -0.3 is 10.4 Å². The molecule has 0 radical (unpaired) electrons. The van der Waals surface area contributed by atoms with Gasteiger partial charge in [0.15, 0.2) is 5.84 Å². The molecule has 1 aliphatic rings. The van der Waals surface area contributed by atoms with Crippen molar-refractivity contribution >= 4 is 32.6 Å². The first kappa shape index (κ1) is 22.6. The number of anilines is 1. The van der Waals surface area contributed by atoms with Crippen molar-refractivity contribution in [1.29, 1.82) is 0 Å². The summed E-state index contributed by atoms with van der Waals surface area (Å²) in [5.74, 6) is -0.964. The van der Waals surface area contributed by atoms with Crippen molar-refractivity contribution < 1.29 is 26.7 Å². The Morgan fingerprint density at radius 2 is 1.80 bits per heavy atom. The predicted octanol–water partition coefficient (Wildman–Crippen LogP) is 3.73. The average Bonchev–Trinajstić information content (AvgIpc) is 2.81. The Bertz CT molecular complexity index is 1700. The molecule has 0 amide bonds. The highest BCUT2D eigenvalue weighted by Gasteiger charge is 2.31. The van der Waals surface area contributed by atoms with Crippen molar-refractivity contribution in [2.24, 2.45) is 4.40 Å². The lowest BCUT2D eigenvalue weighted by Gasteiger charge is -2.20. The molecule has 0 fully saturated rings. The number of benzene rings is 2. The van der Waals surface area contributed by atoms with Crippen LogP contribution in [0.1, 0.15) is 16.7 Å². The number of hydrogen-bond acceptors (Lipinski definition) is 6. The van der Waals surface area contributed by atoms with Crippen LogP contribution in [0.4, 0.5) is 18.9 Å². The third-order valence-electron chi connectivity index (χ3n) is 5.45. The number of halogens is 3. The molecule has 8 nitrogen and oxygen atoms in total. The van der Waals surface area contributed by atoms with E-state index in [4.69, 9.17) is 0 Å². The smallest absolute Gasteiger partial charge is 0.416 e. The van der Waals surface area contributed by atoms with Crippen LogP contribution in [0.3, 0.4) is 0 Å². The molecule has 2 aromatic carbocycles. The second-order valence-corrected chi connectivity index (χ2v) is 9.30. The average molecular weight is 500 g/mol. The fourth-order valence-corrected chi connectivity index (χ4v) is 5.00. The topological polar surface area (TPSA) is 114 Å². The van der Waals surface area contributed by atoms with Gasteiger partial charge in [0.1, 0.15) is 21.9 Å². The molecule has 4 aromatic rings. The minimum absolute atomic E-state index is 0.0100. The summed E-state index contributed by atoms with van der Waals surface area (Å²) in [5.41, 5.74) is -1.90. The summed E-state index contributed by atoms with van der Waals surface area (Å²) in [5, 5.41) is 13.8. The zero-order chi connectivity index (χ0) is 25.0. The maximum absolute atomic E-state index is 13.5. The molecule has 178 valence electrons. The lowest BCUT2D eigenvalue weighted by Crippen LogP contribution is -2.33. The highest BCUT2D eigenvalue weighted by Crippen LogP contribution is 2.33. The summed E-state index contributed by atoms with van der Waals surface area (Å²) in [6.07, 6.45) is -3.22. The first-order valence-electron chi connectivity index (χ1n) is 10.1. The van der Waals surface area contributed by atoms with Gasteiger partial charge in [0.25, 0.3) is 15.6 Å². The van der Waals surface area contributed by atoms with Crippen molar-refractivity contribution in [3.63, 3.8) is 0 Å². The van der Waals surface area contributed by atoms with Gasteiger partial charge in [0, 0.05) is 6.20 Å². The van der Waals surface area contributed by atoms with E-state index in [1.54, 1.807) is 6.07 Å². The zero-order valence-electron chi connectivity index (χ0n) is 17.6. The molecule has 0 spiro atoms. The number of sulfonamides is 1. The standard InChI is InChI=1S/C23H15F3N4O4S/c24-23(25,26)14-6-3-5-13(11-14)12-30-21-15(7-4-10-27-21)19(31)18(22(30)32)20-28-16-8-1-2-9-17(16)35(33,34)29-20/h1-11,31H,12H2,(H,28,29). The highest BCUT2D eigenvalue weighted by molar-refractivity contribution is 7.90. The molecule has 0 saturated carbocycles. The highest BCUT2D eigenvalue weighted by atomic mass is 32.2. The maximum atomic E-state index is 13.5. The van der Waals surface area contributed by atoms with Gasteiger partial charge in [-0.05, 0) is 42.0 Å². The number of aromatic hydroxyl groups is 1. The largest absolute Gasteiger partial charge is 0.506 e. The Kier molecular flexibility index (Phi) is 5.13. The van der Waals surface area contributed by atoms with Gasteiger partial charge >= 0.3 is 6.18 Å². The Morgan fingerprint density at radius 1 is 1.03 bits per heavy atom. The number of fused-ring (bicyclic) bond motifs is 2. The molecule has 35 heavy (non-hydrogen) atoms. The number of para-hydroxylation sites is 1. The SMILES string of the molecule is O=c1c(C2=NS(=O)(=O)c3ccccc3N2)c(O)c2cccnc2n1Cc1cccc(C(F)(F)F)c1. The molecule has 0 atom stereocenters. The summed E-state index contributed by atoms with van der Waals surface area (Å²) in [4.78, 5) is 17.6. The Hall–Kier alpha value is -4.19. The lowest BCUT2D eigenvalue weighted by molar-refractivity contribution is -0.137. The molecule has 1 aliphatic heterocycles. The maximum Gasteiger partial charge on any atom is 0.416 e. The molecule has 2 aromatic heterocycles. The molecule has 0 saturated heterocycles. The summed E-state index contributed by atoms with van der Waals surface area (Å²) in [6, 6.07) is 13.3. The monoisotopic (exact) mass is 500 g/mol. The van der Waals surface area contributed by atoms with Gasteiger partial charge in [-0.1, -0.05) is 24.3 Å². The molecule has 12 heteroatoms. The van der Waals surface area contributed by atoms with Gasteiger partial charge in [-0.3, -0.25) is 9.36 Å². The predicted molar refractivity (Wildman–Crippen MR) is 122 cm³/mol. The van der Waals surface area contributed by atoms with Crippen LogP contribution >= 0.6 is 0 Å². The fraction of sp³-hybridized carbons (Fsp3) is 0.0870. The minimum atomic E-state index is -4.58. The van der Waals surface area contributed by atoms with Crippen LogP contribution in [-0.2, 0) is 22.7 Å². The van der Waals surface area contributed by atoms with E-state index in [1.807, 2.05) is 0 Å². The number of hydrogen-bond donors (Lipinski definition) is 2. The first-order valence-corrected chi connectivity index (χ1v) is 11.6. The molecule has 0 bridgehead atoms. The van der Waals surface area contributed by atoms with Crippen molar-refractivity contribution in [1.82, 2.24) is 9.55 Å². The number of rotatable bonds is 3. The van der Waals surface area contributed by atoms with E-state index in [-0.39, 0.29) is 33.7 Å². The zero-order valence-corrected chi connectivity index (χ0v) is 18.4. The van der Waals surface area contributed by atoms with Gasteiger partial charge in [0.2, 0.25) is 0 Å². The van der Waals surface area contributed by atoms with Gasteiger partial charge in [0.05, 0.1) is 23.2 Å². The van der Waals surface area contributed by atoms with Crippen LogP contribution in [-0.4, -0.2) is 28.9 Å². The van der Waals surface area contributed by atoms with E-state index >= 15 is 0 Å². The molecular weight excluding hydrogens is 485 g/mol. The number of alkyl halides is 3. The van der Waals surface area contributed by atoms with E-state index in [0.717, 1.165) is 16.7 Å². The minimum Gasteiger partial charge on any atom is -0.506 e. The number of nitrogens with zero attached hydrogens (tertiary/aromatic N) is 3. The number of amidine groups is 1. The van der Waals surface area contributed by atoms with Crippen LogP contribution in [0, 0.1) is 0 Å². The van der Waals surface area contributed by atoms with Crippen LogP contribution in [0.2, 0.25) is 0 Å². The summed E-state index contributed by atoms with van der Waals surface area (Å²) >= 11 is 0. The van der Waals surface area contributed by atoms with E-state index in [2.05, 4.69) is 14.7 Å². The molecule has 3 heterocycles. The van der Waals surface area contributed by atoms with Gasteiger partial charge in [-0.15, -0.1) is 4.40 Å². The van der Waals surface area contributed by atoms with Crippen molar-refractivity contribution in [3.8, 4) is 5.75 Å². The van der Waals surface area contributed by atoms with E-state index in [1.165, 1.54) is 48.7 Å².